The molecule has 96 valence electrons. The molecule has 2 nitrogen and oxygen atoms in total. The number of hydrogen-bond donors (Lipinski definition) is 2. The van der Waals surface area contributed by atoms with Crippen molar-refractivity contribution in [2.75, 3.05) is 6.54 Å². The number of para-hydroxylation sites is 1. The number of aromatic nitrogens is 1. The van der Waals surface area contributed by atoms with Crippen LogP contribution in [0, 0.1) is 11.8 Å². The molecule has 1 atom stereocenters. The van der Waals surface area contributed by atoms with Gasteiger partial charge in [0.2, 0.25) is 0 Å². The molecular weight excluding hydrogens is 244 g/mol. The van der Waals surface area contributed by atoms with Gasteiger partial charge in [-0.1, -0.05) is 36.7 Å². The fraction of sp³-hybridized carbons (Fsp3) is 0.467. The van der Waals surface area contributed by atoms with Gasteiger partial charge in [-0.05, 0) is 37.3 Å². The summed E-state index contributed by atoms with van der Waals surface area (Å²) in [6.45, 7) is 4.23. The Morgan fingerprint density at radius 1 is 1.39 bits per heavy atom. The Morgan fingerprint density at radius 2 is 2.17 bits per heavy atom. The second kappa shape index (κ2) is 4.94. The Hall–Kier alpha value is -0.990. The van der Waals surface area contributed by atoms with Crippen molar-refractivity contribution < 1.29 is 0 Å². The highest BCUT2D eigenvalue weighted by molar-refractivity contribution is 6.36. The first-order chi connectivity index (χ1) is 8.75. The van der Waals surface area contributed by atoms with Crippen molar-refractivity contribution in [2.45, 2.75) is 26.3 Å². The maximum absolute atomic E-state index is 6.38. The lowest BCUT2D eigenvalue weighted by Gasteiger charge is -2.10. The number of nitrogens with one attached hydrogen (secondary N) is 2. The molecule has 0 bridgehead atoms. The lowest BCUT2D eigenvalue weighted by Crippen LogP contribution is -2.22. The average molecular weight is 263 g/mol. The molecule has 1 unspecified atom stereocenters. The van der Waals surface area contributed by atoms with Gasteiger partial charge < -0.3 is 10.3 Å². The standard InChI is InChI=1S/C15H19ClN2/c1-10(11-6-7-11)8-17-9-14-15(16)12-4-2-3-5-13(12)18-14/h2-5,10-11,17-18H,6-9H2,1H3. The van der Waals surface area contributed by atoms with E-state index in [1.165, 1.54) is 12.8 Å². The second-order valence-corrected chi connectivity index (χ2v) is 5.79. The fourth-order valence-corrected chi connectivity index (χ4v) is 2.82. The molecule has 3 heteroatoms. The summed E-state index contributed by atoms with van der Waals surface area (Å²) in [4.78, 5) is 3.39. The van der Waals surface area contributed by atoms with E-state index in [2.05, 4.69) is 29.4 Å². The van der Waals surface area contributed by atoms with Crippen molar-refractivity contribution in [3.63, 3.8) is 0 Å². The smallest absolute Gasteiger partial charge is 0.0705 e. The minimum absolute atomic E-state index is 0.785. The monoisotopic (exact) mass is 262 g/mol. The predicted octanol–water partition coefficient (Wildman–Crippen LogP) is 3.96. The van der Waals surface area contributed by atoms with Gasteiger partial charge in [-0.25, -0.2) is 0 Å². The molecule has 18 heavy (non-hydrogen) atoms. The number of benzene rings is 1. The van der Waals surface area contributed by atoms with Gasteiger partial charge in [0.25, 0.3) is 0 Å². The van der Waals surface area contributed by atoms with E-state index in [1.54, 1.807) is 0 Å². The van der Waals surface area contributed by atoms with E-state index in [4.69, 9.17) is 11.6 Å². The Bertz CT molecular complexity index is 542. The van der Waals surface area contributed by atoms with Crippen LogP contribution >= 0.6 is 11.6 Å². The zero-order chi connectivity index (χ0) is 12.5. The number of H-pyrrole nitrogens is 1. The van der Waals surface area contributed by atoms with Crippen molar-refractivity contribution in [3.8, 4) is 0 Å². The highest BCUT2D eigenvalue weighted by Crippen LogP contribution is 2.36. The van der Waals surface area contributed by atoms with Gasteiger partial charge >= 0.3 is 0 Å². The molecule has 1 aromatic carbocycles. The highest BCUT2D eigenvalue weighted by atomic mass is 35.5. The van der Waals surface area contributed by atoms with Gasteiger partial charge in [-0.2, -0.15) is 0 Å². The maximum Gasteiger partial charge on any atom is 0.0705 e. The third-order valence-electron chi connectivity index (χ3n) is 3.91. The fourth-order valence-electron chi connectivity index (χ4n) is 2.54. The second-order valence-electron chi connectivity index (χ2n) is 5.41. The van der Waals surface area contributed by atoms with Crippen LogP contribution in [-0.4, -0.2) is 11.5 Å². The van der Waals surface area contributed by atoms with Gasteiger partial charge in [-0.3, -0.25) is 0 Å². The topological polar surface area (TPSA) is 27.8 Å². The van der Waals surface area contributed by atoms with Crippen molar-refractivity contribution in [1.82, 2.24) is 10.3 Å². The van der Waals surface area contributed by atoms with Crippen LogP contribution in [0.15, 0.2) is 24.3 Å². The van der Waals surface area contributed by atoms with E-state index >= 15 is 0 Å². The van der Waals surface area contributed by atoms with Crippen LogP contribution in [0.3, 0.4) is 0 Å². The van der Waals surface area contributed by atoms with Crippen LogP contribution in [0.4, 0.5) is 0 Å². The quantitative estimate of drug-likeness (QED) is 0.839. The lowest BCUT2D eigenvalue weighted by molar-refractivity contribution is 0.460. The van der Waals surface area contributed by atoms with Gasteiger partial charge in [0.05, 0.1) is 5.02 Å². The molecule has 1 fully saturated rings. The summed E-state index contributed by atoms with van der Waals surface area (Å²) in [6.07, 6.45) is 2.83. The first-order valence-electron chi connectivity index (χ1n) is 6.71. The molecule has 0 aliphatic heterocycles. The number of hydrogen-bond acceptors (Lipinski definition) is 1. The van der Waals surface area contributed by atoms with E-state index in [-0.39, 0.29) is 0 Å². The van der Waals surface area contributed by atoms with Gasteiger partial charge in [0, 0.05) is 23.1 Å². The van der Waals surface area contributed by atoms with E-state index in [0.29, 0.717) is 0 Å². The normalized spacial score (nSPS) is 17.2. The van der Waals surface area contributed by atoms with Gasteiger partial charge in [-0.15, -0.1) is 0 Å². The zero-order valence-corrected chi connectivity index (χ0v) is 11.4. The molecule has 1 aliphatic rings. The molecule has 0 saturated heterocycles. The zero-order valence-electron chi connectivity index (χ0n) is 10.7. The summed E-state index contributed by atoms with van der Waals surface area (Å²) >= 11 is 6.38. The summed E-state index contributed by atoms with van der Waals surface area (Å²) < 4.78 is 0. The maximum atomic E-state index is 6.38. The van der Waals surface area contributed by atoms with E-state index in [9.17, 15) is 0 Å². The first-order valence-corrected chi connectivity index (χ1v) is 7.09. The minimum Gasteiger partial charge on any atom is -0.356 e. The Labute approximate surface area is 113 Å². The minimum atomic E-state index is 0.785. The molecule has 1 aliphatic carbocycles. The number of rotatable bonds is 5. The Balaban J connectivity index is 1.65. The van der Waals surface area contributed by atoms with E-state index < -0.39 is 0 Å². The molecule has 1 heterocycles. The molecular formula is C15H19ClN2. The number of fused-ring (bicyclic) bond motifs is 1. The number of halogens is 1. The molecule has 0 spiro atoms. The molecule has 1 aromatic heterocycles. The summed E-state index contributed by atoms with van der Waals surface area (Å²) in [5.74, 6) is 1.74. The van der Waals surface area contributed by atoms with Crippen LogP contribution < -0.4 is 5.32 Å². The molecule has 3 rings (SSSR count). The van der Waals surface area contributed by atoms with Crippen molar-refractivity contribution >= 4 is 22.5 Å². The van der Waals surface area contributed by atoms with Crippen LogP contribution in [0.2, 0.25) is 5.02 Å². The largest absolute Gasteiger partial charge is 0.356 e. The molecule has 2 aromatic rings. The molecule has 1 saturated carbocycles. The highest BCUT2D eigenvalue weighted by Gasteiger charge is 2.27. The van der Waals surface area contributed by atoms with Gasteiger partial charge in [0.15, 0.2) is 0 Å². The van der Waals surface area contributed by atoms with Crippen LogP contribution in [0.25, 0.3) is 10.9 Å². The molecule has 0 radical (unpaired) electrons. The van der Waals surface area contributed by atoms with Crippen molar-refractivity contribution in [2.24, 2.45) is 11.8 Å². The SMILES string of the molecule is CC(CNCc1[nH]c2ccccc2c1Cl)C1CC1. The predicted molar refractivity (Wildman–Crippen MR) is 76.9 cm³/mol. The molecule has 2 N–H and O–H groups in total. The van der Waals surface area contributed by atoms with E-state index in [1.807, 2.05) is 12.1 Å². The molecule has 0 amide bonds. The number of aromatic amines is 1. The van der Waals surface area contributed by atoms with E-state index in [0.717, 1.165) is 46.5 Å². The van der Waals surface area contributed by atoms with Crippen molar-refractivity contribution in [1.29, 1.82) is 0 Å². The summed E-state index contributed by atoms with van der Waals surface area (Å²) in [7, 11) is 0. The average Bonchev–Trinajstić information content (AvgIpc) is 3.17. The summed E-state index contributed by atoms with van der Waals surface area (Å²) in [6, 6.07) is 8.18. The Morgan fingerprint density at radius 3 is 2.89 bits per heavy atom. The van der Waals surface area contributed by atoms with Crippen molar-refractivity contribution in [3.05, 3.63) is 35.0 Å². The summed E-state index contributed by atoms with van der Waals surface area (Å²) in [5, 5.41) is 5.48. The van der Waals surface area contributed by atoms with Crippen LogP contribution in [0.5, 0.6) is 0 Å². The summed E-state index contributed by atoms with van der Waals surface area (Å²) in [5.41, 5.74) is 2.22. The van der Waals surface area contributed by atoms with Crippen LogP contribution in [0.1, 0.15) is 25.5 Å². The van der Waals surface area contributed by atoms with Gasteiger partial charge in [0.1, 0.15) is 0 Å². The third kappa shape index (κ3) is 2.40. The first kappa shape index (κ1) is 12.1. The Kier molecular flexibility index (Phi) is 3.31. The third-order valence-corrected chi connectivity index (χ3v) is 4.34. The van der Waals surface area contributed by atoms with Crippen LogP contribution in [-0.2, 0) is 6.54 Å². The lowest BCUT2D eigenvalue weighted by atomic mass is 10.1.